The van der Waals surface area contributed by atoms with Gasteiger partial charge >= 0.3 is 11.7 Å². The predicted octanol–water partition coefficient (Wildman–Crippen LogP) is 1.40. The summed E-state index contributed by atoms with van der Waals surface area (Å²) in [5, 5.41) is 8.37. The van der Waals surface area contributed by atoms with Crippen molar-refractivity contribution in [3.8, 4) is 11.4 Å². The van der Waals surface area contributed by atoms with Gasteiger partial charge < -0.3 is 5.11 Å². The molecule has 0 spiro atoms. The Morgan fingerprint density at radius 3 is 2.48 bits per heavy atom. The summed E-state index contributed by atoms with van der Waals surface area (Å²) in [5.41, 5.74) is -1.16. The summed E-state index contributed by atoms with van der Waals surface area (Å²) in [5.74, 6) is -1.71. The lowest BCUT2D eigenvalue weighted by Crippen LogP contribution is -2.37. The van der Waals surface area contributed by atoms with E-state index in [9.17, 15) is 23.9 Å². The van der Waals surface area contributed by atoms with Crippen LogP contribution in [0.25, 0.3) is 22.4 Å². The minimum Gasteiger partial charge on any atom is -0.480 e. The van der Waals surface area contributed by atoms with E-state index in [1.807, 2.05) is 0 Å². The minimum absolute atomic E-state index is 0.0106. The maximum absolute atomic E-state index is 14.2. The van der Waals surface area contributed by atoms with Crippen LogP contribution in [0, 0.1) is 5.82 Å². The molecule has 0 amide bonds. The normalized spacial score (nSPS) is 12.3. The lowest BCUT2D eigenvalue weighted by molar-refractivity contribution is -0.136. The number of carboxylic acids is 1. The van der Waals surface area contributed by atoms with E-state index in [1.54, 1.807) is 6.07 Å². The molecule has 0 saturated carbocycles. The molecule has 0 radical (unpaired) electrons. The zero-order chi connectivity index (χ0) is 19.9. The minimum atomic E-state index is -1.10. The molecule has 27 heavy (non-hydrogen) atoms. The number of thioether (sulfide) groups is 1. The number of benzene rings is 1. The number of aryl methyl sites for hydroxylation is 1. The lowest BCUT2D eigenvalue weighted by Gasteiger charge is -2.13. The van der Waals surface area contributed by atoms with Crippen LogP contribution in [0.2, 0.25) is 0 Å². The third kappa shape index (κ3) is 3.23. The first-order valence-corrected chi connectivity index (χ1v) is 8.72. The van der Waals surface area contributed by atoms with Crippen LogP contribution in [0.3, 0.4) is 0 Å². The molecule has 140 valence electrons. The second-order valence-electron chi connectivity index (χ2n) is 5.83. The lowest BCUT2D eigenvalue weighted by atomic mass is 10.2. The average molecular weight is 390 g/mol. The topological polar surface area (TPSA) is 107 Å². The Bertz CT molecular complexity index is 1190. The molecule has 0 aliphatic heterocycles. The smallest absolute Gasteiger partial charge is 0.332 e. The van der Waals surface area contributed by atoms with Crippen molar-refractivity contribution in [2.75, 3.05) is 0 Å². The van der Waals surface area contributed by atoms with E-state index in [4.69, 9.17) is 0 Å². The molecule has 3 aromatic rings. The zero-order valence-electron chi connectivity index (χ0n) is 14.6. The highest BCUT2D eigenvalue weighted by Gasteiger charge is 2.22. The van der Waals surface area contributed by atoms with Crippen molar-refractivity contribution in [3.05, 3.63) is 50.9 Å². The molecule has 1 N–H and O–H groups in total. The standard InChI is InChI=1S/C17H15FN4O4S/c1-8(16(24)25)27-14-11-13(21(2)17(26)22(3)15(11)23)19-12(20-14)9-6-4-5-7-10(9)18/h4-8H,1-3H3,(H,24,25)/t8-/m1/s1. The van der Waals surface area contributed by atoms with Crippen molar-refractivity contribution in [1.82, 2.24) is 19.1 Å². The van der Waals surface area contributed by atoms with Gasteiger partial charge in [0.2, 0.25) is 0 Å². The fourth-order valence-corrected chi connectivity index (χ4v) is 3.37. The van der Waals surface area contributed by atoms with E-state index in [2.05, 4.69) is 9.97 Å². The van der Waals surface area contributed by atoms with Crippen LogP contribution >= 0.6 is 11.8 Å². The summed E-state index contributed by atoms with van der Waals surface area (Å²) in [4.78, 5) is 44.6. The number of hydrogen-bond donors (Lipinski definition) is 1. The summed E-state index contributed by atoms with van der Waals surface area (Å²) in [6.45, 7) is 1.44. The highest BCUT2D eigenvalue weighted by Crippen LogP contribution is 2.29. The molecule has 0 fully saturated rings. The Balaban J connectivity index is 2.42. The number of aliphatic carboxylic acids is 1. The zero-order valence-corrected chi connectivity index (χ0v) is 15.5. The van der Waals surface area contributed by atoms with E-state index < -0.39 is 28.3 Å². The molecule has 10 heteroatoms. The van der Waals surface area contributed by atoms with Crippen LogP contribution in [-0.2, 0) is 18.9 Å². The summed E-state index contributed by atoms with van der Waals surface area (Å²) in [6, 6.07) is 5.80. The Labute approximate surface area is 156 Å². The fraction of sp³-hybridized carbons (Fsp3) is 0.235. The van der Waals surface area contributed by atoms with E-state index in [-0.39, 0.29) is 27.4 Å². The average Bonchev–Trinajstić information content (AvgIpc) is 2.64. The Hall–Kier alpha value is -3.01. The molecule has 3 rings (SSSR count). The molecule has 1 aromatic carbocycles. The van der Waals surface area contributed by atoms with Crippen LogP contribution in [0.1, 0.15) is 6.92 Å². The van der Waals surface area contributed by atoms with Crippen molar-refractivity contribution in [2.45, 2.75) is 17.2 Å². The molecule has 2 heterocycles. The number of hydrogen-bond acceptors (Lipinski definition) is 6. The first-order chi connectivity index (χ1) is 12.7. The Morgan fingerprint density at radius 2 is 1.85 bits per heavy atom. The third-order valence-corrected chi connectivity index (χ3v) is 5.09. The summed E-state index contributed by atoms with van der Waals surface area (Å²) >= 11 is 0.831. The summed E-state index contributed by atoms with van der Waals surface area (Å²) in [7, 11) is 2.74. The maximum Gasteiger partial charge on any atom is 0.332 e. The van der Waals surface area contributed by atoms with Crippen molar-refractivity contribution < 1.29 is 14.3 Å². The monoisotopic (exact) mass is 390 g/mol. The number of carboxylic acid groups (broad SMARTS) is 1. The molecule has 2 aromatic heterocycles. The van der Waals surface area contributed by atoms with Crippen LogP contribution in [0.15, 0.2) is 38.9 Å². The number of aromatic nitrogens is 4. The van der Waals surface area contributed by atoms with Gasteiger partial charge in [-0.2, -0.15) is 0 Å². The molecular weight excluding hydrogens is 375 g/mol. The van der Waals surface area contributed by atoms with E-state index in [1.165, 1.54) is 39.2 Å². The van der Waals surface area contributed by atoms with Gasteiger partial charge in [0.05, 0.1) is 5.56 Å². The van der Waals surface area contributed by atoms with Crippen LogP contribution in [0.4, 0.5) is 4.39 Å². The van der Waals surface area contributed by atoms with Gasteiger partial charge in [0.25, 0.3) is 5.56 Å². The van der Waals surface area contributed by atoms with Gasteiger partial charge in [-0.05, 0) is 19.1 Å². The third-order valence-electron chi connectivity index (χ3n) is 4.02. The largest absolute Gasteiger partial charge is 0.480 e. The van der Waals surface area contributed by atoms with Crippen LogP contribution in [-0.4, -0.2) is 35.4 Å². The fourth-order valence-electron chi connectivity index (χ4n) is 2.50. The number of nitrogens with zero attached hydrogens (tertiary/aromatic N) is 4. The van der Waals surface area contributed by atoms with Gasteiger partial charge in [0.15, 0.2) is 11.5 Å². The van der Waals surface area contributed by atoms with Gasteiger partial charge in [-0.3, -0.25) is 18.7 Å². The van der Waals surface area contributed by atoms with Gasteiger partial charge in [-0.15, -0.1) is 0 Å². The van der Waals surface area contributed by atoms with Crippen LogP contribution < -0.4 is 11.2 Å². The van der Waals surface area contributed by atoms with Crippen molar-refractivity contribution in [3.63, 3.8) is 0 Å². The SMILES string of the molecule is C[C@@H](Sc1nc(-c2ccccc2F)nc2c1c(=O)n(C)c(=O)n2C)C(=O)O. The predicted molar refractivity (Wildman–Crippen MR) is 98.4 cm³/mol. The number of halogens is 1. The number of fused-ring (bicyclic) bond motifs is 1. The molecule has 0 bridgehead atoms. The van der Waals surface area contributed by atoms with Crippen molar-refractivity contribution >= 4 is 28.8 Å². The molecule has 0 saturated heterocycles. The highest BCUT2D eigenvalue weighted by molar-refractivity contribution is 8.00. The molecule has 0 aliphatic carbocycles. The maximum atomic E-state index is 14.2. The molecule has 0 unspecified atom stereocenters. The molecular formula is C17H15FN4O4S. The van der Waals surface area contributed by atoms with Gasteiger partial charge in [0, 0.05) is 14.1 Å². The van der Waals surface area contributed by atoms with E-state index >= 15 is 0 Å². The second-order valence-corrected chi connectivity index (χ2v) is 7.16. The van der Waals surface area contributed by atoms with Gasteiger partial charge in [-0.25, -0.2) is 19.2 Å². The quantitative estimate of drug-likeness (QED) is 0.530. The number of carbonyl (C=O) groups is 1. The Morgan fingerprint density at radius 1 is 1.19 bits per heavy atom. The van der Waals surface area contributed by atoms with Gasteiger partial charge in [0.1, 0.15) is 21.5 Å². The van der Waals surface area contributed by atoms with E-state index in [0.717, 1.165) is 20.9 Å². The number of rotatable bonds is 4. The first kappa shape index (κ1) is 18.8. The van der Waals surface area contributed by atoms with Crippen molar-refractivity contribution in [1.29, 1.82) is 0 Å². The van der Waals surface area contributed by atoms with Crippen LogP contribution in [0.5, 0.6) is 0 Å². The second kappa shape index (κ2) is 6.95. The molecule has 1 atom stereocenters. The first-order valence-electron chi connectivity index (χ1n) is 7.84. The molecule has 8 nitrogen and oxygen atoms in total. The Kier molecular flexibility index (Phi) is 4.83. The summed E-state index contributed by atoms with van der Waals surface area (Å²) in [6.07, 6.45) is 0. The highest BCUT2D eigenvalue weighted by atomic mass is 32.2. The van der Waals surface area contributed by atoms with Gasteiger partial charge in [-0.1, -0.05) is 23.9 Å². The molecule has 0 aliphatic rings. The summed E-state index contributed by atoms with van der Waals surface area (Å²) < 4.78 is 16.2. The van der Waals surface area contributed by atoms with E-state index in [0.29, 0.717) is 0 Å². The van der Waals surface area contributed by atoms with Crippen molar-refractivity contribution in [2.24, 2.45) is 14.1 Å².